The van der Waals surface area contributed by atoms with E-state index in [1.165, 1.54) is 135 Å². The van der Waals surface area contributed by atoms with E-state index in [-0.39, 0.29) is 38.6 Å². The first-order valence-electron chi connectivity index (χ1n) is 39.9. The van der Waals surface area contributed by atoms with Gasteiger partial charge in [0.1, 0.15) is 13.2 Å². The van der Waals surface area contributed by atoms with Gasteiger partial charge in [-0.2, -0.15) is 0 Å². The molecule has 0 aliphatic carbocycles. The number of esters is 2. The molecule has 9 nitrogen and oxygen atoms in total. The number of rotatable bonds is 72. The number of likely N-dealkylation sites (N-methyl/N-ethyl adjacent to an activating group) is 1. The smallest absolute Gasteiger partial charge is 0.306 e. The van der Waals surface area contributed by atoms with Gasteiger partial charge in [0.05, 0.1) is 40.3 Å². The first kappa shape index (κ1) is 93.4. The first-order valence-corrected chi connectivity index (χ1v) is 39.9. The second-order valence-corrected chi connectivity index (χ2v) is 27.2. The molecule has 0 radical (unpaired) electrons. The van der Waals surface area contributed by atoms with Crippen molar-refractivity contribution < 1.29 is 42.9 Å². The highest BCUT2D eigenvalue weighted by atomic mass is 16.7. The predicted molar refractivity (Wildman–Crippen MR) is 425 cm³/mol. The third-order valence-electron chi connectivity index (χ3n) is 16.6. The zero-order valence-electron chi connectivity index (χ0n) is 64.0. The van der Waals surface area contributed by atoms with Crippen LogP contribution in [0.15, 0.2) is 182 Å². The van der Waals surface area contributed by atoms with Crippen LogP contribution in [0, 0.1) is 0 Å². The molecule has 0 fully saturated rings. The zero-order valence-corrected chi connectivity index (χ0v) is 64.0. The summed E-state index contributed by atoms with van der Waals surface area (Å²) in [7, 11) is 5.93. The SMILES string of the molecule is CC/C=C\C/C=C\C/C=C\C/C=C\C/C=C\C/C=C\C/C=C\C/C=C\C/C=C\CCCCCCCCCCCCCC(=O)OC(COC(=O)CCCCCCCCCCCCCCCCCC/C=C\C/C=C\C/C=C\C/C=C\C/C=C\C/C=C\CC)COC(OCC[N+](C)(C)C)C(=O)[O-]. The molecular formula is C90H147NO8. The number of quaternary nitrogens is 1. The monoisotopic (exact) mass is 1370 g/mol. The Kier molecular flexibility index (Phi) is 73.7. The fourth-order valence-electron chi connectivity index (χ4n) is 10.7. The van der Waals surface area contributed by atoms with Crippen LogP contribution in [0.2, 0.25) is 0 Å². The molecule has 0 aromatic heterocycles. The molecule has 0 rings (SSSR count). The summed E-state index contributed by atoms with van der Waals surface area (Å²) in [6, 6.07) is 0. The Hall–Kier alpha value is -5.61. The van der Waals surface area contributed by atoms with E-state index < -0.39 is 24.3 Å². The first-order chi connectivity index (χ1) is 48.6. The van der Waals surface area contributed by atoms with Gasteiger partial charge in [-0.3, -0.25) is 9.59 Å². The number of nitrogens with zero attached hydrogens (tertiary/aromatic N) is 1. The summed E-state index contributed by atoms with van der Waals surface area (Å²) in [5.41, 5.74) is 0. The maximum Gasteiger partial charge on any atom is 0.306 e. The third-order valence-corrected chi connectivity index (χ3v) is 16.6. The van der Waals surface area contributed by atoms with Gasteiger partial charge >= 0.3 is 11.9 Å². The van der Waals surface area contributed by atoms with Gasteiger partial charge in [-0.15, -0.1) is 0 Å². The van der Waals surface area contributed by atoms with Crippen molar-refractivity contribution in [2.24, 2.45) is 0 Å². The lowest BCUT2D eigenvalue weighted by atomic mass is 10.0. The molecule has 0 saturated heterocycles. The molecule has 0 spiro atoms. The van der Waals surface area contributed by atoms with Crippen LogP contribution in [0.4, 0.5) is 0 Å². The number of carboxylic acids is 1. The lowest BCUT2D eigenvalue weighted by Gasteiger charge is -2.26. The fourth-order valence-corrected chi connectivity index (χ4v) is 10.7. The van der Waals surface area contributed by atoms with Gasteiger partial charge in [-0.25, -0.2) is 0 Å². The van der Waals surface area contributed by atoms with Crippen molar-refractivity contribution in [1.29, 1.82) is 0 Å². The number of hydrogen-bond donors (Lipinski definition) is 0. The van der Waals surface area contributed by atoms with Crippen molar-refractivity contribution >= 4 is 17.9 Å². The molecule has 2 atom stereocenters. The van der Waals surface area contributed by atoms with Crippen molar-refractivity contribution in [3.63, 3.8) is 0 Å². The minimum absolute atomic E-state index is 0.140. The highest BCUT2D eigenvalue weighted by molar-refractivity contribution is 5.70. The van der Waals surface area contributed by atoms with Crippen LogP contribution in [0.25, 0.3) is 0 Å². The molecule has 560 valence electrons. The van der Waals surface area contributed by atoms with Crippen LogP contribution in [0.1, 0.15) is 309 Å². The van der Waals surface area contributed by atoms with E-state index >= 15 is 0 Å². The molecule has 0 aliphatic rings. The number of carboxylic acid groups (broad SMARTS) is 1. The van der Waals surface area contributed by atoms with Crippen LogP contribution < -0.4 is 5.11 Å². The zero-order chi connectivity index (χ0) is 71.8. The minimum atomic E-state index is -1.63. The Labute approximate surface area is 609 Å². The Morgan fingerprint density at radius 2 is 0.545 bits per heavy atom. The normalized spacial score (nSPS) is 13.7. The number of unbranched alkanes of at least 4 members (excludes halogenated alkanes) is 27. The largest absolute Gasteiger partial charge is 0.545 e. The standard InChI is InChI=1S/C90H147NO8/c1-6-8-10-12-14-16-18-20-22-24-26-28-30-32-34-36-38-40-42-43-44-45-47-49-51-53-55-57-59-61-63-65-67-69-71-73-75-77-79-81-88(93)99-86(85-98-90(89(94)95)96-83-82-91(3,4)5)84-97-87(92)80-78-76-74-72-70-68-66-64-62-60-58-56-54-52-50-48-46-41-39-37-35-33-31-29-27-25-23-21-19-17-15-13-11-9-7-2/h8-11,14-17,20-23,26-29,32-35,38-41,43-44,47,49,53,55,86,90H,6-7,12-13,18-19,24-25,30-31,36-37,42,45-46,48,50-52,54,56-85H2,1-5H3/b10-8-,11-9-,16-14-,17-15-,22-20-,23-21-,28-26-,29-27-,34-32-,35-33-,40-38-,41-39-,44-43-,49-47-,55-53-. The van der Waals surface area contributed by atoms with E-state index in [1.54, 1.807) is 0 Å². The maximum absolute atomic E-state index is 13.0. The highest BCUT2D eigenvalue weighted by Crippen LogP contribution is 2.17. The summed E-state index contributed by atoms with van der Waals surface area (Å²) >= 11 is 0. The molecule has 0 amide bonds. The van der Waals surface area contributed by atoms with Crippen molar-refractivity contribution in [3.05, 3.63) is 182 Å². The second-order valence-electron chi connectivity index (χ2n) is 27.2. The Morgan fingerprint density at radius 3 is 0.808 bits per heavy atom. The van der Waals surface area contributed by atoms with Crippen molar-refractivity contribution in [2.45, 2.75) is 322 Å². The molecule has 99 heavy (non-hydrogen) atoms. The van der Waals surface area contributed by atoms with E-state index in [0.717, 1.165) is 141 Å². The fraction of sp³-hybridized carbons (Fsp3) is 0.633. The van der Waals surface area contributed by atoms with Crippen LogP contribution >= 0.6 is 0 Å². The molecule has 0 N–H and O–H groups in total. The van der Waals surface area contributed by atoms with E-state index in [9.17, 15) is 19.5 Å². The number of hydrogen-bond acceptors (Lipinski definition) is 8. The van der Waals surface area contributed by atoms with Crippen LogP contribution in [0.3, 0.4) is 0 Å². The summed E-state index contributed by atoms with van der Waals surface area (Å²) in [6.07, 6.45) is 116. The number of allylic oxidation sites excluding steroid dienone is 30. The average Bonchev–Trinajstić information content (AvgIpc) is 1.14. The molecule has 0 aliphatic heterocycles. The van der Waals surface area contributed by atoms with Crippen LogP contribution in [-0.2, 0) is 33.3 Å². The number of carbonyl (C=O) groups is 3. The summed E-state index contributed by atoms with van der Waals surface area (Å²) in [5.74, 6) is -2.29. The van der Waals surface area contributed by atoms with Crippen molar-refractivity contribution in [1.82, 2.24) is 0 Å². The van der Waals surface area contributed by atoms with E-state index in [2.05, 4.69) is 196 Å². The van der Waals surface area contributed by atoms with Gasteiger partial charge in [0, 0.05) is 12.8 Å². The van der Waals surface area contributed by atoms with Gasteiger partial charge in [0.15, 0.2) is 12.4 Å². The van der Waals surface area contributed by atoms with E-state index in [4.69, 9.17) is 18.9 Å². The summed E-state index contributed by atoms with van der Waals surface area (Å²) < 4.78 is 22.9. The molecule has 0 aromatic carbocycles. The van der Waals surface area contributed by atoms with Gasteiger partial charge < -0.3 is 33.3 Å². The second kappa shape index (κ2) is 78.1. The molecule has 0 aromatic rings. The minimum Gasteiger partial charge on any atom is -0.545 e. The van der Waals surface area contributed by atoms with Gasteiger partial charge in [0.25, 0.3) is 0 Å². The molecule has 0 bridgehead atoms. The van der Waals surface area contributed by atoms with Crippen LogP contribution in [0.5, 0.6) is 0 Å². The van der Waals surface area contributed by atoms with Gasteiger partial charge in [-0.1, -0.05) is 344 Å². The van der Waals surface area contributed by atoms with E-state index in [1.807, 2.05) is 21.1 Å². The van der Waals surface area contributed by atoms with Crippen molar-refractivity contribution in [3.8, 4) is 0 Å². The highest BCUT2D eigenvalue weighted by Gasteiger charge is 2.22. The maximum atomic E-state index is 13.0. The number of aliphatic carboxylic acids is 1. The molecule has 2 unspecified atom stereocenters. The molecule has 0 saturated carbocycles. The molecule has 9 heteroatoms. The summed E-state index contributed by atoms with van der Waals surface area (Å²) in [5, 5.41) is 11.9. The quantitative estimate of drug-likeness (QED) is 0.0195. The molecular weight excluding hydrogens is 1220 g/mol. The Bertz CT molecular complexity index is 2290. The predicted octanol–water partition coefficient (Wildman–Crippen LogP) is 24.6. The Balaban J connectivity index is 4.10. The topological polar surface area (TPSA) is 111 Å². The third kappa shape index (κ3) is 79.6. The van der Waals surface area contributed by atoms with Gasteiger partial charge in [0.2, 0.25) is 0 Å². The molecule has 0 heterocycles. The van der Waals surface area contributed by atoms with Gasteiger partial charge in [-0.05, 0) is 135 Å². The summed E-state index contributed by atoms with van der Waals surface area (Å²) in [4.78, 5) is 37.6. The van der Waals surface area contributed by atoms with E-state index in [0.29, 0.717) is 17.4 Å². The average molecular weight is 1370 g/mol. The lowest BCUT2D eigenvalue weighted by molar-refractivity contribution is -0.870. The van der Waals surface area contributed by atoms with Crippen LogP contribution in [-0.4, -0.2) is 82.3 Å². The lowest BCUT2D eigenvalue weighted by Crippen LogP contribution is -2.44. The number of ether oxygens (including phenoxy) is 4. The number of carbonyl (C=O) groups excluding carboxylic acids is 3. The summed E-state index contributed by atoms with van der Waals surface area (Å²) in [6.45, 7) is 4.52. The Morgan fingerprint density at radius 1 is 0.303 bits per heavy atom. The van der Waals surface area contributed by atoms with Crippen molar-refractivity contribution in [2.75, 3.05) is 47.5 Å².